The second kappa shape index (κ2) is 4.78. The molecule has 0 saturated heterocycles. The summed E-state index contributed by atoms with van der Waals surface area (Å²) in [5.74, 6) is -0.475. The Morgan fingerprint density at radius 2 is 2.32 bits per heavy atom. The SMILES string of the molecule is N#Cc1ccc(-n2nncc2CNC2CC2)c(F)c1. The number of nitriles is 1. The Kier molecular flexibility index (Phi) is 2.97. The van der Waals surface area contributed by atoms with Gasteiger partial charge in [-0.3, -0.25) is 0 Å². The van der Waals surface area contributed by atoms with Crippen LogP contribution in [0.1, 0.15) is 24.1 Å². The van der Waals surface area contributed by atoms with Crippen LogP contribution in [0.5, 0.6) is 0 Å². The summed E-state index contributed by atoms with van der Waals surface area (Å²) in [4.78, 5) is 0. The number of aromatic nitrogens is 3. The van der Waals surface area contributed by atoms with Crippen molar-refractivity contribution in [3.05, 3.63) is 41.5 Å². The van der Waals surface area contributed by atoms with E-state index in [0.717, 1.165) is 5.69 Å². The monoisotopic (exact) mass is 257 g/mol. The molecule has 1 saturated carbocycles. The normalized spacial score (nSPS) is 14.3. The van der Waals surface area contributed by atoms with Gasteiger partial charge in [-0.1, -0.05) is 5.21 Å². The average molecular weight is 257 g/mol. The fourth-order valence-electron chi connectivity index (χ4n) is 1.86. The summed E-state index contributed by atoms with van der Waals surface area (Å²) in [7, 11) is 0. The number of hydrogen-bond donors (Lipinski definition) is 1. The molecule has 1 N–H and O–H groups in total. The Bertz CT molecular complexity index is 639. The van der Waals surface area contributed by atoms with Gasteiger partial charge < -0.3 is 5.32 Å². The second-order valence-corrected chi connectivity index (χ2v) is 4.57. The summed E-state index contributed by atoms with van der Waals surface area (Å²) in [6, 6.07) is 6.79. The van der Waals surface area contributed by atoms with E-state index in [-0.39, 0.29) is 0 Å². The third kappa shape index (κ3) is 2.46. The van der Waals surface area contributed by atoms with Crippen LogP contribution in [0.2, 0.25) is 0 Å². The van der Waals surface area contributed by atoms with Crippen molar-refractivity contribution < 1.29 is 4.39 Å². The first-order valence-electron chi connectivity index (χ1n) is 6.11. The molecule has 0 amide bonds. The lowest BCUT2D eigenvalue weighted by Crippen LogP contribution is -2.18. The Hall–Kier alpha value is -2.26. The quantitative estimate of drug-likeness (QED) is 0.902. The second-order valence-electron chi connectivity index (χ2n) is 4.57. The maximum absolute atomic E-state index is 13.9. The van der Waals surface area contributed by atoms with E-state index in [4.69, 9.17) is 5.26 Å². The van der Waals surface area contributed by atoms with E-state index in [0.29, 0.717) is 23.8 Å². The molecular weight excluding hydrogens is 245 g/mol. The molecule has 5 nitrogen and oxygen atoms in total. The zero-order chi connectivity index (χ0) is 13.2. The van der Waals surface area contributed by atoms with Crippen molar-refractivity contribution in [2.75, 3.05) is 0 Å². The fraction of sp³-hybridized carbons (Fsp3) is 0.308. The van der Waals surface area contributed by atoms with Crippen molar-refractivity contribution in [2.24, 2.45) is 0 Å². The van der Waals surface area contributed by atoms with E-state index < -0.39 is 5.82 Å². The number of benzene rings is 1. The van der Waals surface area contributed by atoms with Gasteiger partial charge in [-0.25, -0.2) is 9.07 Å². The van der Waals surface area contributed by atoms with E-state index in [9.17, 15) is 4.39 Å². The van der Waals surface area contributed by atoms with Gasteiger partial charge in [-0.2, -0.15) is 5.26 Å². The number of nitrogens with zero attached hydrogens (tertiary/aromatic N) is 4. The zero-order valence-electron chi connectivity index (χ0n) is 10.2. The molecule has 1 aromatic heterocycles. The fourth-order valence-corrected chi connectivity index (χ4v) is 1.86. The van der Waals surface area contributed by atoms with E-state index in [1.807, 2.05) is 6.07 Å². The Balaban J connectivity index is 1.88. The van der Waals surface area contributed by atoms with Crippen molar-refractivity contribution in [1.29, 1.82) is 5.26 Å². The minimum atomic E-state index is -0.475. The first-order chi connectivity index (χ1) is 9.28. The van der Waals surface area contributed by atoms with E-state index >= 15 is 0 Å². The van der Waals surface area contributed by atoms with Gasteiger partial charge in [0.15, 0.2) is 0 Å². The highest BCUT2D eigenvalue weighted by atomic mass is 19.1. The van der Waals surface area contributed by atoms with Gasteiger partial charge in [0.1, 0.15) is 11.5 Å². The van der Waals surface area contributed by atoms with Gasteiger partial charge in [-0.15, -0.1) is 5.10 Å². The zero-order valence-corrected chi connectivity index (χ0v) is 10.2. The maximum Gasteiger partial charge on any atom is 0.150 e. The van der Waals surface area contributed by atoms with Crippen LogP contribution in [0, 0.1) is 17.1 Å². The van der Waals surface area contributed by atoms with E-state index in [2.05, 4.69) is 15.6 Å². The van der Waals surface area contributed by atoms with Crippen LogP contribution in [0.25, 0.3) is 5.69 Å². The van der Waals surface area contributed by atoms with Crippen LogP contribution < -0.4 is 5.32 Å². The lowest BCUT2D eigenvalue weighted by Gasteiger charge is -2.08. The minimum absolute atomic E-state index is 0.291. The Morgan fingerprint density at radius 3 is 3.00 bits per heavy atom. The molecule has 1 aliphatic carbocycles. The summed E-state index contributed by atoms with van der Waals surface area (Å²) < 4.78 is 15.4. The molecule has 0 unspecified atom stereocenters. The van der Waals surface area contributed by atoms with Crippen LogP contribution in [-0.4, -0.2) is 21.0 Å². The third-order valence-electron chi connectivity index (χ3n) is 3.07. The van der Waals surface area contributed by atoms with Crippen molar-refractivity contribution in [3.63, 3.8) is 0 Å². The molecule has 1 heterocycles. The molecule has 1 aromatic carbocycles. The van der Waals surface area contributed by atoms with Gasteiger partial charge >= 0.3 is 0 Å². The molecule has 96 valence electrons. The van der Waals surface area contributed by atoms with Gasteiger partial charge in [0, 0.05) is 12.6 Å². The first kappa shape index (κ1) is 11.8. The molecule has 0 radical (unpaired) electrons. The standard InChI is InChI=1S/C13H12FN5/c14-12-5-9(6-15)1-4-13(12)19-11(8-17-18-19)7-16-10-2-3-10/h1,4-5,8,10,16H,2-3,7H2. The Morgan fingerprint density at radius 1 is 1.47 bits per heavy atom. The Labute approximate surface area is 109 Å². The average Bonchev–Trinajstić information content (AvgIpc) is 3.14. The van der Waals surface area contributed by atoms with Crippen molar-refractivity contribution in [2.45, 2.75) is 25.4 Å². The van der Waals surface area contributed by atoms with Gasteiger partial charge in [-0.05, 0) is 31.0 Å². The summed E-state index contributed by atoms with van der Waals surface area (Å²) in [5, 5.41) is 19.8. The van der Waals surface area contributed by atoms with E-state index in [1.165, 1.54) is 23.6 Å². The van der Waals surface area contributed by atoms with Crippen LogP contribution in [0.15, 0.2) is 24.4 Å². The number of rotatable bonds is 4. The first-order valence-corrected chi connectivity index (χ1v) is 6.11. The topological polar surface area (TPSA) is 66.5 Å². The van der Waals surface area contributed by atoms with Crippen LogP contribution >= 0.6 is 0 Å². The molecule has 0 atom stereocenters. The largest absolute Gasteiger partial charge is 0.308 e. The molecule has 1 aliphatic rings. The summed E-state index contributed by atoms with van der Waals surface area (Å²) in [6.07, 6.45) is 3.99. The molecule has 2 aromatic rings. The van der Waals surface area contributed by atoms with Gasteiger partial charge in [0.2, 0.25) is 0 Å². The molecule has 3 rings (SSSR count). The molecule has 19 heavy (non-hydrogen) atoms. The highest BCUT2D eigenvalue weighted by Gasteiger charge is 2.21. The van der Waals surface area contributed by atoms with Crippen LogP contribution in [0.4, 0.5) is 4.39 Å². The lowest BCUT2D eigenvalue weighted by molar-refractivity contribution is 0.592. The highest BCUT2D eigenvalue weighted by molar-refractivity contribution is 5.40. The highest BCUT2D eigenvalue weighted by Crippen LogP contribution is 2.20. The van der Waals surface area contributed by atoms with Gasteiger partial charge in [0.25, 0.3) is 0 Å². The van der Waals surface area contributed by atoms with Crippen molar-refractivity contribution in [3.8, 4) is 11.8 Å². The molecule has 1 fully saturated rings. The lowest BCUT2D eigenvalue weighted by atomic mass is 10.2. The minimum Gasteiger partial charge on any atom is -0.308 e. The van der Waals surface area contributed by atoms with Crippen molar-refractivity contribution in [1.82, 2.24) is 20.3 Å². The third-order valence-corrected chi connectivity index (χ3v) is 3.07. The van der Waals surface area contributed by atoms with Gasteiger partial charge in [0.05, 0.1) is 23.5 Å². The molecular formula is C13H12FN5. The van der Waals surface area contributed by atoms with Crippen LogP contribution in [0.3, 0.4) is 0 Å². The predicted octanol–water partition coefficient (Wildman–Crippen LogP) is 1.53. The van der Waals surface area contributed by atoms with Crippen molar-refractivity contribution >= 4 is 0 Å². The predicted molar refractivity (Wildman–Crippen MR) is 65.9 cm³/mol. The molecule has 0 spiro atoms. The molecule has 6 heteroatoms. The number of hydrogen-bond acceptors (Lipinski definition) is 4. The number of halogens is 1. The molecule has 0 bridgehead atoms. The maximum atomic E-state index is 13.9. The van der Waals surface area contributed by atoms with E-state index in [1.54, 1.807) is 18.3 Å². The molecule has 0 aliphatic heterocycles. The van der Waals surface area contributed by atoms with Crippen LogP contribution in [-0.2, 0) is 6.54 Å². The smallest absolute Gasteiger partial charge is 0.150 e. The summed E-state index contributed by atoms with van der Waals surface area (Å²) >= 11 is 0. The summed E-state index contributed by atoms with van der Waals surface area (Å²) in [6.45, 7) is 0.608. The summed E-state index contributed by atoms with van der Waals surface area (Å²) in [5.41, 5.74) is 1.40. The number of nitrogens with one attached hydrogen (secondary N) is 1.